The molecule has 4 aromatic carbocycles. The Bertz CT molecular complexity index is 1810. The van der Waals surface area contributed by atoms with Gasteiger partial charge in [0.15, 0.2) is 0 Å². The van der Waals surface area contributed by atoms with Crippen molar-refractivity contribution in [1.82, 2.24) is 20.1 Å². The second kappa shape index (κ2) is 13.6. The minimum absolute atomic E-state index is 0.263. The smallest absolute Gasteiger partial charge is 0.252 e. The number of carbonyl (C=O) groups is 1. The number of para-hydroxylation sites is 1. The van der Waals surface area contributed by atoms with Crippen LogP contribution in [0, 0.1) is 5.82 Å². The number of ether oxygens (including phenoxy) is 1. The fourth-order valence-corrected chi connectivity index (χ4v) is 7.13. The van der Waals surface area contributed by atoms with Gasteiger partial charge in [-0.1, -0.05) is 42.5 Å². The lowest BCUT2D eigenvalue weighted by Gasteiger charge is -2.42. The highest BCUT2D eigenvalue weighted by atomic mass is 19.1. The van der Waals surface area contributed by atoms with Gasteiger partial charge in [0, 0.05) is 60.2 Å². The summed E-state index contributed by atoms with van der Waals surface area (Å²) in [5, 5.41) is 4.16. The number of halogens is 1. The van der Waals surface area contributed by atoms with Crippen LogP contribution in [0.2, 0.25) is 0 Å². The maximum absolute atomic E-state index is 14.5. The number of aromatic nitrogens is 1. The van der Waals surface area contributed by atoms with Gasteiger partial charge in [0.05, 0.1) is 13.2 Å². The third-order valence-corrected chi connectivity index (χ3v) is 9.85. The van der Waals surface area contributed by atoms with E-state index in [0.717, 1.165) is 53.9 Å². The van der Waals surface area contributed by atoms with Gasteiger partial charge in [0.1, 0.15) is 11.6 Å². The Kier molecular flexibility index (Phi) is 8.96. The molecule has 1 aromatic heterocycles. The molecule has 3 heterocycles. The van der Waals surface area contributed by atoms with E-state index >= 15 is 0 Å². The summed E-state index contributed by atoms with van der Waals surface area (Å²) < 4.78 is 20.1. The van der Waals surface area contributed by atoms with Gasteiger partial charge in [0.2, 0.25) is 0 Å². The van der Waals surface area contributed by atoms with Crippen molar-refractivity contribution in [3.05, 3.63) is 120 Å². The third-order valence-electron chi connectivity index (χ3n) is 9.85. The van der Waals surface area contributed by atoms with E-state index in [-0.39, 0.29) is 5.91 Å². The number of nitrogens with one attached hydrogen (secondary N) is 2. The van der Waals surface area contributed by atoms with Crippen LogP contribution in [0.15, 0.2) is 97.1 Å². The number of likely N-dealkylation sites (tertiary alicyclic amines) is 1. The number of benzene rings is 4. The number of amides is 1. The third kappa shape index (κ3) is 6.75. The molecular formula is C39H42FN5O2. The molecule has 0 saturated carbocycles. The molecule has 0 radical (unpaired) electrons. The van der Waals surface area contributed by atoms with Crippen molar-refractivity contribution in [3.63, 3.8) is 0 Å². The molecule has 2 saturated heterocycles. The van der Waals surface area contributed by atoms with Crippen LogP contribution >= 0.6 is 0 Å². The minimum Gasteiger partial charge on any atom is -0.496 e. The molecule has 0 aliphatic carbocycles. The zero-order chi connectivity index (χ0) is 32.3. The number of hydrogen-bond acceptors (Lipinski definition) is 5. The first-order valence-corrected chi connectivity index (χ1v) is 16.5. The van der Waals surface area contributed by atoms with Gasteiger partial charge in [-0.2, -0.15) is 0 Å². The number of methoxy groups -OCH3 is 1. The van der Waals surface area contributed by atoms with E-state index in [2.05, 4.69) is 56.3 Å². The zero-order valence-electron chi connectivity index (χ0n) is 27.1. The average molecular weight is 632 g/mol. The normalized spacial score (nSPS) is 17.1. The van der Waals surface area contributed by atoms with Crippen molar-refractivity contribution in [3.8, 4) is 16.9 Å². The Balaban J connectivity index is 1.07. The molecule has 8 heteroatoms. The van der Waals surface area contributed by atoms with Crippen molar-refractivity contribution in [2.24, 2.45) is 0 Å². The van der Waals surface area contributed by atoms with E-state index in [0.29, 0.717) is 22.9 Å². The molecule has 2 N–H and O–H groups in total. The van der Waals surface area contributed by atoms with Crippen LogP contribution in [-0.2, 0) is 0 Å². The van der Waals surface area contributed by atoms with Gasteiger partial charge in [0.25, 0.3) is 5.91 Å². The van der Waals surface area contributed by atoms with E-state index in [9.17, 15) is 9.18 Å². The summed E-state index contributed by atoms with van der Waals surface area (Å²) >= 11 is 0. The first-order valence-electron chi connectivity index (χ1n) is 16.5. The molecule has 7 nitrogen and oxygen atoms in total. The van der Waals surface area contributed by atoms with E-state index in [1.165, 1.54) is 43.8 Å². The SMILES string of the molecule is COc1ccc(F)cc1C(NC(=O)c1cccc(-c2ccc(N3CCN(C4CCN(C)CC4)CC3)cc2)c1)c1cc2ccccc2[nH]1. The molecule has 0 bridgehead atoms. The highest BCUT2D eigenvalue weighted by molar-refractivity contribution is 5.96. The fraction of sp³-hybridized carbons (Fsp3) is 0.308. The van der Waals surface area contributed by atoms with E-state index in [1.807, 2.05) is 54.6 Å². The van der Waals surface area contributed by atoms with E-state index < -0.39 is 11.9 Å². The van der Waals surface area contributed by atoms with Gasteiger partial charge in [-0.05, 0) is 104 Å². The molecule has 1 atom stereocenters. The number of nitrogens with zero attached hydrogens (tertiary/aromatic N) is 3. The summed E-state index contributed by atoms with van der Waals surface area (Å²) in [6.07, 6.45) is 2.54. The summed E-state index contributed by atoms with van der Waals surface area (Å²) in [5.74, 6) is -0.172. The summed E-state index contributed by atoms with van der Waals surface area (Å²) in [6.45, 7) is 6.68. The molecule has 0 spiro atoms. The Morgan fingerprint density at radius 1 is 0.851 bits per heavy atom. The van der Waals surface area contributed by atoms with Crippen molar-refractivity contribution < 1.29 is 13.9 Å². The summed E-state index contributed by atoms with van der Waals surface area (Å²) in [4.78, 5) is 24.8. The number of piperazine rings is 1. The van der Waals surface area contributed by atoms with Gasteiger partial charge < -0.3 is 24.8 Å². The molecular weight excluding hydrogens is 589 g/mol. The Morgan fingerprint density at radius 2 is 1.62 bits per heavy atom. The van der Waals surface area contributed by atoms with E-state index in [4.69, 9.17) is 4.74 Å². The standard InChI is InChI=1S/C39H42FN5O2/c1-43-18-16-33(17-19-43)45-22-20-44(21-23-45)32-13-10-27(11-14-32)28-7-5-8-30(24-28)39(46)42-38(34-26-31(40)12-15-37(34)47-2)36-25-29-6-3-4-9-35(29)41-36/h3-15,24-26,33,38,41H,16-23H2,1-2H3,(H,42,46). The predicted octanol–water partition coefficient (Wildman–Crippen LogP) is 6.72. The van der Waals surface area contributed by atoms with Crippen molar-refractivity contribution >= 4 is 22.5 Å². The number of aromatic amines is 1. The molecule has 242 valence electrons. The van der Waals surface area contributed by atoms with Crippen molar-refractivity contribution in [2.75, 3.05) is 58.3 Å². The maximum Gasteiger partial charge on any atom is 0.252 e. The Hall–Kier alpha value is -4.66. The van der Waals surface area contributed by atoms with Crippen molar-refractivity contribution in [2.45, 2.75) is 24.9 Å². The topological polar surface area (TPSA) is 63.8 Å². The minimum atomic E-state index is -0.664. The van der Waals surface area contributed by atoms with Gasteiger partial charge >= 0.3 is 0 Å². The van der Waals surface area contributed by atoms with Crippen LogP contribution < -0.4 is 15.0 Å². The molecule has 2 aliphatic heterocycles. The average Bonchev–Trinajstić information content (AvgIpc) is 3.55. The number of piperidine rings is 1. The number of H-pyrrole nitrogens is 1. The summed E-state index contributed by atoms with van der Waals surface area (Å²) in [5.41, 5.74) is 5.97. The zero-order valence-corrected chi connectivity index (χ0v) is 27.1. The number of fused-ring (bicyclic) bond motifs is 1. The second-order valence-electron chi connectivity index (χ2n) is 12.8. The molecule has 1 amide bonds. The van der Waals surface area contributed by atoms with Crippen LogP contribution in [0.3, 0.4) is 0 Å². The van der Waals surface area contributed by atoms with Gasteiger partial charge in [-0.3, -0.25) is 9.69 Å². The molecule has 47 heavy (non-hydrogen) atoms. The number of hydrogen-bond donors (Lipinski definition) is 2. The predicted molar refractivity (Wildman–Crippen MR) is 187 cm³/mol. The maximum atomic E-state index is 14.5. The van der Waals surface area contributed by atoms with Crippen LogP contribution in [0.5, 0.6) is 5.75 Å². The first-order chi connectivity index (χ1) is 22.9. The number of rotatable bonds is 8. The molecule has 1 unspecified atom stereocenters. The highest BCUT2D eigenvalue weighted by Crippen LogP contribution is 2.33. The second-order valence-corrected chi connectivity index (χ2v) is 12.8. The monoisotopic (exact) mass is 631 g/mol. The summed E-state index contributed by atoms with van der Waals surface area (Å²) in [6, 6.07) is 30.6. The lowest BCUT2D eigenvalue weighted by molar-refractivity contribution is 0.0942. The largest absolute Gasteiger partial charge is 0.496 e. The van der Waals surface area contributed by atoms with Crippen LogP contribution in [-0.4, -0.2) is 80.2 Å². The Morgan fingerprint density at radius 3 is 2.36 bits per heavy atom. The first kappa shape index (κ1) is 31.0. The Labute approximate surface area is 275 Å². The lowest BCUT2D eigenvalue weighted by atomic mass is 9.99. The quantitative estimate of drug-likeness (QED) is 0.199. The van der Waals surface area contributed by atoms with Crippen LogP contribution in [0.25, 0.3) is 22.0 Å². The molecule has 2 fully saturated rings. The number of anilines is 1. The van der Waals surface area contributed by atoms with Gasteiger partial charge in [-0.25, -0.2) is 4.39 Å². The molecule has 7 rings (SSSR count). The van der Waals surface area contributed by atoms with Crippen molar-refractivity contribution in [1.29, 1.82) is 0 Å². The molecule has 5 aromatic rings. The summed E-state index contributed by atoms with van der Waals surface area (Å²) in [7, 11) is 3.77. The molecule has 2 aliphatic rings. The number of carbonyl (C=O) groups excluding carboxylic acids is 1. The highest BCUT2D eigenvalue weighted by Gasteiger charge is 2.27. The van der Waals surface area contributed by atoms with Gasteiger partial charge in [-0.15, -0.1) is 0 Å². The van der Waals surface area contributed by atoms with Crippen LogP contribution in [0.1, 0.15) is 40.5 Å². The lowest BCUT2D eigenvalue weighted by Crippen LogP contribution is -2.52. The van der Waals surface area contributed by atoms with E-state index in [1.54, 1.807) is 13.2 Å². The van der Waals surface area contributed by atoms with Crippen LogP contribution in [0.4, 0.5) is 10.1 Å². The fourth-order valence-electron chi connectivity index (χ4n) is 7.13.